The van der Waals surface area contributed by atoms with E-state index < -0.39 is 17.8 Å². The number of rotatable bonds is 1. The smallest absolute Gasteiger partial charge is 0.255 e. The number of nitrogens with zero attached hydrogens (tertiary/aromatic N) is 1. The van der Waals surface area contributed by atoms with Crippen molar-refractivity contribution in [1.82, 2.24) is 10.2 Å². The van der Waals surface area contributed by atoms with E-state index in [0.717, 1.165) is 5.56 Å². The van der Waals surface area contributed by atoms with Gasteiger partial charge in [0.15, 0.2) is 0 Å². The van der Waals surface area contributed by atoms with Crippen LogP contribution in [0.3, 0.4) is 0 Å². The molecule has 1 atom stereocenters. The Morgan fingerprint density at radius 3 is 2.75 bits per heavy atom. The van der Waals surface area contributed by atoms with Crippen molar-refractivity contribution >= 4 is 17.7 Å². The van der Waals surface area contributed by atoms with Gasteiger partial charge >= 0.3 is 0 Å². The minimum Gasteiger partial charge on any atom is -0.322 e. The molecule has 0 aliphatic carbocycles. The standard InChI is InChI=1S/C14H13FN2O3/c1-7-9(15)3-2-8-6-17(14(20)12(7)8)10-4-5-11(18)16-13(10)19/h2-3,10H,4-6H2,1H3,(H,16,18,19). The third-order valence-electron chi connectivity index (χ3n) is 3.89. The van der Waals surface area contributed by atoms with Crippen LogP contribution in [-0.4, -0.2) is 28.7 Å². The zero-order valence-electron chi connectivity index (χ0n) is 10.9. The Balaban J connectivity index is 1.93. The molecule has 1 aromatic rings. The van der Waals surface area contributed by atoms with E-state index in [1.54, 1.807) is 13.0 Å². The SMILES string of the molecule is Cc1c(F)ccc2c1C(=O)N(C1CCC(=O)NC1=O)C2. The summed E-state index contributed by atoms with van der Waals surface area (Å²) >= 11 is 0. The molecule has 2 heterocycles. The molecule has 3 amide bonds. The lowest BCUT2D eigenvalue weighted by Crippen LogP contribution is -2.52. The molecule has 0 saturated carbocycles. The van der Waals surface area contributed by atoms with Crippen molar-refractivity contribution in [3.05, 3.63) is 34.6 Å². The van der Waals surface area contributed by atoms with Crippen LogP contribution in [0, 0.1) is 12.7 Å². The fourth-order valence-electron chi connectivity index (χ4n) is 2.80. The lowest BCUT2D eigenvalue weighted by molar-refractivity contribution is -0.136. The molecule has 0 spiro atoms. The van der Waals surface area contributed by atoms with Crippen molar-refractivity contribution in [3.8, 4) is 0 Å². The van der Waals surface area contributed by atoms with Crippen LogP contribution in [0.4, 0.5) is 4.39 Å². The molecule has 20 heavy (non-hydrogen) atoms. The van der Waals surface area contributed by atoms with Crippen molar-refractivity contribution in [2.24, 2.45) is 0 Å². The summed E-state index contributed by atoms with van der Waals surface area (Å²) in [5.41, 5.74) is 1.37. The molecule has 6 heteroatoms. The van der Waals surface area contributed by atoms with Gasteiger partial charge in [-0.1, -0.05) is 6.07 Å². The minimum atomic E-state index is -0.657. The molecule has 1 unspecified atom stereocenters. The Hall–Kier alpha value is -2.24. The summed E-state index contributed by atoms with van der Waals surface area (Å²) < 4.78 is 13.5. The van der Waals surface area contributed by atoms with Crippen LogP contribution in [0.25, 0.3) is 0 Å². The average Bonchev–Trinajstić information content (AvgIpc) is 2.72. The zero-order chi connectivity index (χ0) is 14.4. The van der Waals surface area contributed by atoms with Gasteiger partial charge in [0.25, 0.3) is 5.91 Å². The van der Waals surface area contributed by atoms with Gasteiger partial charge in [0, 0.05) is 13.0 Å². The van der Waals surface area contributed by atoms with Crippen molar-refractivity contribution < 1.29 is 18.8 Å². The van der Waals surface area contributed by atoms with Gasteiger partial charge in [-0.2, -0.15) is 0 Å². The lowest BCUT2D eigenvalue weighted by atomic mass is 10.0. The monoisotopic (exact) mass is 276 g/mol. The number of piperidine rings is 1. The van der Waals surface area contributed by atoms with Crippen LogP contribution < -0.4 is 5.32 Å². The van der Waals surface area contributed by atoms with Crippen molar-refractivity contribution in [2.75, 3.05) is 0 Å². The number of carbonyl (C=O) groups is 3. The first-order chi connectivity index (χ1) is 9.49. The van der Waals surface area contributed by atoms with E-state index in [1.807, 2.05) is 0 Å². The van der Waals surface area contributed by atoms with Gasteiger partial charge in [-0.05, 0) is 30.5 Å². The Kier molecular flexibility index (Phi) is 2.81. The van der Waals surface area contributed by atoms with E-state index >= 15 is 0 Å². The number of amides is 3. The second kappa shape index (κ2) is 4.40. The Bertz CT molecular complexity index is 642. The second-order valence-electron chi connectivity index (χ2n) is 5.11. The lowest BCUT2D eigenvalue weighted by Gasteiger charge is -2.29. The van der Waals surface area contributed by atoms with E-state index in [2.05, 4.69) is 5.32 Å². The molecular formula is C14H13FN2O3. The summed E-state index contributed by atoms with van der Waals surface area (Å²) in [4.78, 5) is 36.8. The molecule has 1 saturated heterocycles. The van der Waals surface area contributed by atoms with Gasteiger partial charge < -0.3 is 4.90 Å². The third-order valence-corrected chi connectivity index (χ3v) is 3.89. The van der Waals surface area contributed by atoms with E-state index in [4.69, 9.17) is 0 Å². The first-order valence-corrected chi connectivity index (χ1v) is 6.41. The Labute approximate surface area is 114 Å². The van der Waals surface area contributed by atoms with Crippen molar-refractivity contribution in [2.45, 2.75) is 32.4 Å². The second-order valence-corrected chi connectivity index (χ2v) is 5.11. The van der Waals surface area contributed by atoms with Crippen LogP contribution >= 0.6 is 0 Å². The fraction of sp³-hybridized carbons (Fsp3) is 0.357. The number of hydrogen-bond donors (Lipinski definition) is 1. The summed E-state index contributed by atoms with van der Waals surface area (Å²) in [6, 6.07) is 2.24. The summed E-state index contributed by atoms with van der Waals surface area (Å²) in [7, 11) is 0. The number of nitrogens with one attached hydrogen (secondary N) is 1. The minimum absolute atomic E-state index is 0.212. The summed E-state index contributed by atoms with van der Waals surface area (Å²) in [6.45, 7) is 1.83. The molecule has 2 aliphatic rings. The highest BCUT2D eigenvalue weighted by Gasteiger charge is 2.39. The maximum Gasteiger partial charge on any atom is 0.255 e. The van der Waals surface area contributed by atoms with E-state index in [0.29, 0.717) is 17.5 Å². The van der Waals surface area contributed by atoms with Gasteiger partial charge in [-0.15, -0.1) is 0 Å². The van der Waals surface area contributed by atoms with Crippen LogP contribution in [-0.2, 0) is 16.1 Å². The number of fused-ring (bicyclic) bond motifs is 1. The topological polar surface area (TPSA) is 66.5 Å². The maximum atomic E-state index is 13.5. The fourth-order valence-corrected chi connectivity index (χ4v) is 2.80. The normalized spacial score (nSPS) is 22.0. The number of imide groups is 1. The molecule has 1 N–H and O–H groups in total. The molecule has 0 bridgehead atoms. The Morgan fingerprint density at radius 2 is 2.05 bits per heavy atom. The summed E-state index contributed by atoms with van der Waals surface area (Å²) in [5.74, 6) is -1.55. The number of hydrogen-bond acceptors (Lipinski definition) is 3. The molecule has 3 rings (SSSR count). The number of benzene rings is 1. The van der Waals surface area contributed by atoms with Gasteiger partial charge in [0.05, 0.1) is 5.56 Å². The predicted octanol–water partition coefficient (Wildman–Crippen LogP) is 0.895. The van der Waals surface area contributed by atoms with Crippen LogP contribution in [0.5, 0.6) is 0 Å². The van der Waals surface area contributed by atoms with Crippen LogP contribution in [0.1, 0.15) is 34.3 Å². The Morgan fingerprint density at radius 1 is 1.30 bits per heavy atom. The predicted molar refractivity (Wildman–Crippen MR) is 67.2 cm³/mol. The van der Waals surface area contributed by atoms with Crippen molar-refractivity contribution in [1.29, 1.82) is 0 Å². The van der Waals surface area contributed by atoms with Crippen molar-refractivity contribution in [3.63, 3.8) is 0 Å². The average molecular weight is 276 g/mol. The van der Waals surface area contributed by atoms with Gasteiger partial charge in [0.1, 0.15) is 11.9 Å². The van der Waals surface area contributed by atoms with Gasteiger partial charge in [-0.25, -0.2) is 4.39 Å². The quantitative estimate of drug-likeness (QED) is 0.775. The molecule has 104 valence electrons. The third kappa shape index (κ3) is 1.79. The maximum absolute atomic E-state index is 13.5. The van der Waals surface area contributed by atoms with Crippen LogP contribution in [0.2, 0.25) is 0 Å². The molecule has 2 aliphatic heterocycles. The zero-order valence-corrected chi connectivity index (χ0v) is 10.9. The van der Waals surface area contributed by atoms with E-state index in [-0.39, 0.29) is 24.8 Å². The van der Waals surface area contributed by atoms with Crippen LogP contribution in [0.15, 0.2) is 12.1 Å². The van der Waals surface area contributed by atoms with E-state index in [9.17, 15) is 18.8 Å². The molecule has 0 aromatic heterocycles. The molecule has 1 fully saturated rings. The molecule has 5 nitrogen and oxygen atoms in total. The highest BCUT2D eigenvalue weighted by atomic mass is 19.1. The highest BCUT2D eigenvalue weighted by Crippen LogP contribution is 2.30. The summed E-state index contributed by atoms with van der Waals surface area (Å²) in [5, 5.41) is 2.23. The largest absolute Gasteiger partial charge is 0.322 e. The molecule has 0 radical (unpaired) electrons. The first-order valence-electron chi connectivity index (χ1n) is 6.41. The first kappa shape index (κ1) is 12.8. The van der Waals surface area contributed by atoms with Gasteiger partial charge in [-0.3, -0.25) is 19.7 Å². The highest BCUT2D eigenvalue weighted by molar-refractivity contribution is 6.05. The number of carbonyl (C=O) groups excluding carboxylic acids is 3. The summed E-state index contributed by atoms with van der Waals surface area (Å²) in [6.07, 6.45) is 0.524. The van der Waals surface area contributed by atoms with E-state index in [1.165, 1.54) is 11.0 Å². The number of halogens is 1. The van der Waals surface area contributed by atoms with Gasteiger partial charge in [0.2, 0.25) is 11.8 Å². The molecular weight excluding hydrogens is 263 g/mol. The molecule has 1 aromatic carbocycles.